The van der Waals surface area contributed by atoms with E-state index in [4.69, 9.17) is 21.1 Å². The summed E-state index contributed by atoms with van der Waals surface area (Å²) in [4.78, 5) is 0. The Bertz CT molecular complexity index is 614. The molecule has 0 aliphatic rings. The van der Waals surface area contributed by atoms with Gasteiger partial charge in [0.05, 0.1) is 24.5 Å². The van der Waals surface area contributed by atoms with Gasteiger partial charge in [0.15, 0.2) is 11.5 Å². The van der Waals surface area contributed by atoms with E-state index in [0.717, 1.165) is 12.0 Å². The second-order valence-corrected chi connectivity index (χ2v) is 4.86. The van der Waals surface area contributed by atoms with Crippen molar-refractivity contribution in [3.05, 3.63) is 35.4 Å². The van der Waals surface area contributed by atoms with E-state index < -0.39 is 0 Å². The highest BCUT2D eigenvalue weighted by Gasteiger charge is 2.13. The maximum atomic E-state index is 6.28. The van der Waals surface area contributed by atoms with Gasteiger partial charge in [-0.25, -0.2) is 4.68 Å². The van der Waals surface area contributed by atoms with Crippen LogP contribution >= 0.6 is 11.6 Å². The van der Waals surface area contributed by atoms with Crippen LogP contribution in [0.15, 0.2) is 29.9 Å². The van der Waals surface area contributed by atoms with Gasteiger partial charge in [-0.2, -0.15) is 5.10 Å². The summed E-state index contributed by atoms with van der Waals surface area (Å²) in [6, 6.07) is 3.59. The van der Waals surface area contributed by atoms with E-state index in [-0.39, 0.29) is 6.10 Å². The third-order valence-electron chi connectivity index (χ3n) is 2.89. The maximum absolute atomic E-state index is 6.28. The summed E-state index contributed by atoms with van der Waals surface area (Å²) in [7, 11) is 1.58. The first kappa shape index (κ1) is 15.3. The van der Waals surface area contributed by atoms with Gasteiger partial charge in [-0.05, 0) is 31.0 Å². The Balaban J connectivity index is 2.27. The Labute approximate surface area is 128 Å². The molecule has 1 heterocycles. The van der Waals surface area contributed by atoms with Gasteiger partial charge in [-0.15, -0.1) is 10.2 Å². The lowest BCUT2D eigenvalue weighted by Crippen LogP contribution is -2.11. The summed E-state index contributed by atoms with van der Waals surface area (Å²) in [5.74, 6) is 1.13. The van der Waals surface area contributed by atoms with Gasteiger partial charge in [-0.1, -0.05) is 18.5 Å². The molecule has 1 aromatic heterocycles. The van der Waals surface area contributed by atoms with Gasteiger partial charge in [0.2, 0.25) is 0 Å². The fourth-order valence-corrected chi connectivity index (χ4v) is 1.87. The zero-order chi connectivity index (χ0) is 15.2. The van der Waals surface area contributed by atoms with Gasteiger partial charge in [0, 0.05) is 0 Å². The monoisotopic (exact) mass is 308 g/mol. The Hall–Kier alpha value is -2.08. The second kappa shape index (κ2) is 7.08. The molecule has 1 atom stereocenters. The van der Waals surface area contributed by atoms with Crippen molar-refractivity contribution >= 4 is 17.8 Å². The van der Waals surface area contributed by atoms with Crippen LogP contribution in [0.1, 0.15) is 25.8 Å². The van der Waals surface area contributed by atoms with Gasteiger partial charge in [-0.3, -0.25) is 0 Å². The van der Waals surface area contributed by atoms with Crippen molar-refractivity contribution in [3.63, 3.8) is 0 Å². The molecule has 2 rings (SSSR count). The number of hydrogen-bond donors (Lipinski definition) is 0. The number of hydrogen-bond acceptors (Lipinski definition) is 5. The number of methoxy groups -OCH3 is 1. The zero-order valence-electron chi connectivity index (χ0n) is 12.2. The molecule has 0 aliphatic carbocycles. The molecule has 2 aromatic rings. The first-order valence-corrected chi connectivity index (χ1v) is 6.95. The van der Waals surface area contributed by atoms with E-state index in [1.165, 1.54) is 17.3 Å². The maximum Gasteiger partial charge on any atom is 0.180 e. The molecule has 0 amide bonds. The van der Waals surface area contributed by atoms with Gasteiger partial charge >= 0.3 is 0 Å². The molecule has 0 fully saturated rings. The highest BCUT2D eigenvalue weighted by molar-refractivity contribution is 6.32. The highest BCUT2D eigenvalue weighted by Crippen LogP contribution is 2.37. The molecular weight excluding hydrogens is 292 g/mol. The molecule has 0 radical (unpaired) electrons. The summed E-state index contributed by atoms with van der Waals surface area (Å²) in [6.45, 7) is 4.03. The van der Waals surface area contributed by atoms with Crippen LogP contribution < -0.4 is 9.47 Å². The van der Waals surface area contributed by atoms with Crippen molar-refractivity contribution in [2.75, 3.05) is 7.11 Å². The summed E-state index contributed by atoms with van der Waals surface area (Å²) in [5.41, 5.74) is 0.794. The van der Waals surface area contributed by atoms with Gasteiger partial charge in [0.1, 0.15) is 12.7 Å². The summed E-state index contributed by atoms with van der Waals surface area (Å²) in [5, 5.41) is 12.0. The number of ether oxygens (including phenoxy) is 2. The van der Waals surface area contributed by atoms with Crippen LogP contribution in [-0.4, -0.2) is 34.3 Å². The summed E-state index contributed by atoms with van der Waals surface area (Å²) in [6.07, 6.45) is 5.58. The Morgan fingerprint density at radius 2 is 2.10 bits per heavy atom. The van der Waals surface area contributed by atoms with E-state index in [0.29, 0.717) is 16.5 Å². The second-order valence-electron chi connectivity index (χ2n) is 4.46. The minimum absolute atomic E-state index is 0.0629. The molecule has 0 unspecified atom stereocenters. The standard InChI is InChI=1S/C14H17ClN4O2/c1-4-10(2)21-14-12(15)5-11(6-13(14)20-3)7-18-19-8-16-17-9-19/h5-10H,4H2,1-3H3/b18-7-/t10-/m1/s1. The van der Waals surface area contributed by atoms with Crippen LogP contribution in [0.25, 0.3) is 0 Å². The van der Waals surface area contributed by atoms with E-state index >= 15 is 0 Å². The quantitative estimate of drug-likeness (QED) is 0.770. The highest BCUT2D eigenvalue weighted by atomic mass is 35.5. The fourth-order valence-electron chi connectivity index (χ4n) is 1.60. The van der Waals surface area contributed by atoms with Crippen LogP contribution in [-0.2, 0) is 0 Å². The SMILES string of the molecule is CC[C@@H](C)Oc1c(Cl)cc(/C=N\n2cnnc2)cc1OC. The Kier molecular flexibility index (Phi) is 5.16. The summed E-state index contributed by atoms with van der Waals surface area (Å²) >= 11 is 6.28. The van der Waals surface area contributed by atoms with E-state index in [2.05, 4.69) is 15.3 Å². The van der Waals surface area contributed by atoms with Crippen LogP contribution in [0.4, 0.5) is 0 Å². The topological polar surface area (TPSA) is 61.5 Å². The average Bonchev–Trinajstić information content (AvgIpc) is 3.00. The predicted octanol–water partition coefficient (Wildman–Crippen LogP) is 3.00. The first-order chi connectivity index (χ1) is 10.1. The third kappa shape index (κ3) is 3.95. The third-order valence-corrected chi connectivity index (χ3v) is 3.17. The molecule has 0 bridgehead atoms. The zero-order valence-corrected chi connectivity index (χ0v) is 12.9. The van der Waals surface area contributed by atoms with Crippen LogP contribution in [0, 0.1) is 0 Å². The smallest absolute Gasteiger partial charge is 0.180 e. The van der Waals surface area contributed by atoms with Crippen molar-refractivity contribution in [1.29, 1.82) is 0 Å². The van der Waals surface area contributed by atoms with E-state index in [1.807, 2.05) is 19.9 Å². The lowest BCUT2D eigenvalue weighted by atomic mass is 10.2. The number of nitrogens with zero attached hydrogens (tertiary/aromatic N) is 4. The minimum atomic E-state index is 0.0629. The molecule has 0 aliphatic heterocycles. The van der Waals surface area contributed by atoms with Crippen molar-refractivity contribution in [3.8, 4) is 11.5 Å². The Morgan fingerprint density at radius 3 is 2.71 bits per heavy atom. The number of benzene rings is 1. The molecule has 0 saturated heterocycles. The molecule has 0 saturated carbocycles. The molecular formula is C14H17ClN4O2. The van der Waals surface area contributed by atoms with Gasteiger partial charge < -0.3 is 9.47 Å². The van der Waals surface area contributed by atoms with Crippen molar-refractivity contribution in [2.24, 2.45) is 5.10 Å². The predicted molar refractivity (Wildman–Crippen MR) is 81.4 cm³/mol. The summed E-state index contributed by atoms with van der Waals surface area (Å²) < 4.78 is 12.6. The molecule has 6 nitrogen and oxygen atoms in total. The first-order valence-electron chi connectivity index (χ1n) is 6.57. The number of halogens is 1. The fraction of sp³-hybridized carbons (Fsp3) is 0.357. The lowest BCUT2D eigenvalue weighted by Gasteiger charge is -2.17. The molecule has 0 N–H and O–H groups in total. The van der Waals surface area contributed by atoms with E-state index in [1.54, 1.807) is 19.4 Å². The molecule has 21 heavy (non-hydrogen) atoms. The lowest BCUT2D eigenvalue weighted by molar-refractivity contribution is 0.208. The number of rotatable bonds is 6. The normalized spacial score (nSPS) is 12.6. The molecule has 112 valence electrons. The van der Waals surface area contributed by atoms with Crippen molar-refractivity contribution in [1.82, 2.24) is 14.9 Å². The number of aromatic nitrogens is 3. The van der Waals surface area contributed by atoms with Gasteiger partial charge in [0.25, 0.3) is 0 Å². The van der Waals surface area contributed by atoms with Crippen molar-refractivity contribution in [2.45, 2.75) is 26.4 Å². The molecule has 0 spiro atoms. The molecule has 1 aromatic carbocycles. The van der Waals surface area contributed by atoms with Crippen molar-refractivity contribution < 1.29 is 9.47 Å². The Morgan fingerprint density at radius 1 is 1.38 bits per heavy atom. The largest absolute Gasteiger partial charge is 0.493 e. The van der Waals surface area contributed by atoms with Crippen LogP contribution in [0.2, 0.25) is 5.02 Å². The van der Waals surface area contributed by atoms with Crippen LogP contribution in [0.3, 0.4) is 0 Å². The average molecular weight is 309 g/mol. The molecule has 7 heteroatoms. The minimum Gasteiger partial charge on any atom is -0.493 e. The van der Waals surface area contributed by atoms with Crippen LogP contribution in [0.5, 0.6) is 11.5 Å². The van der Waals surface area contributed by atoms with E-state index in [9.17, 15) is 0 Å².